The third-order valence-corrected chi connectivity index (χ3v) is 6.24. The Hall–Kier alpha value is -1.90. The fraction of sp³-hybridized carbons (Fsp3) is 0.421. The molecule has 3 unspecified atom stereocenters. The third-order valence-electron chi connectivity index (χ3n) is 4.87. The van der Waals surface area contributed by atoms with Gasteiger partial charge in [0.25, 0.3) is 0 Å². The van der Waals surface area contributed by atoms with Crippen LogP contribution in [0.25, 0.3) is 0 Å². The zero-order valence-corrected chi connectivity index (χ0v) is 17.8. The van der Waals surface area contributed by atoms with Gasteiger partial charge in [-0.2, -0.15) is 0 Å². The Morgan fingerprint density at radius 2 is 2.21 bits per heavy atom. The SMILES string of the molecule is Cc1cc(C)c2c(c1)COP(OCC1CCC(n3cc(C=O)c(=S)[nH]c3=O)O1)O2. The van der Waals surface area contributed by atoms with E-state index >= 15 is 0 Å². The molecule has 0 spiro atoms. The lowest BCUT2D eigenvalue weighted by Gasteiger charge is -2.26. The summed E-state index contributed by atoms with van der Waals surface area (Å²) in [6.45, 7) is 4.79. The number of carbonyl (C=O) groups excluding carboxylic acids is 1. The maximum absolute atomic E-state index is 12.2. The van der Waals surface area contributed by atoms with Crippen LogP contribution in [0.15, 0.2) is 23.1 Å². The van der Waals surface area contributed by atoms with Crippen molar-refractivity contribution in [2.45, 2.75) is 45.6 Å². The van der Waals surface area contributed by atoms with Crippen LogP contribution < -0.4 is 10.2 Å². The molecule has 3 heterocycles. The number of hydrogen-bond donors (Lipinski definition) is 1. The van der Waals surface area contributed by atoms with E-state index in [1.54, 1.807) is 0 Å². The number of carbonyl (C=O) groups is 1. The van der Waals surface area contributed by atoms with Crippen LogP contribution in [0.1, 0.15) is 46.1 Å². The Labute approximate surface area is 173 Å². The fourth-order valence-corrected chi connectivity index (χ4v) is 4.83. The van der Waals surface area contributed by atoms with Crippen LogP contribution in [0.4, 0.5) is 0 Å². The number of ether oxygens (including phenoxy) is 1. The van der Waals surface area contributed by atoms with Crippen molar-refractivity contribution in [3.05, 3.63) is 55.7 Å². The zero-order valence-electron chi connectivity index (χ0n) is 16.0. The quantitative estimate of drug-likeness (QED) is 0.432. The molecule has 3 atom stereocenters. The van der Waals surface area contributed by atoms with E-state index in [1.165, 1.54) is 16.3 Å². The maximum Gasteiger partial charge on any atom is 0.397 e. The van der Waals surface area contributed by atoms with Gasteiger partial charge in [0.1, 0.15) is 16.6 Å². The predicted octanol–water partition coefficient (Wildman–Crippen LogP) is 3.87. The number of benzene rings is 1. The first-order valence-corrected chi connectivity index (χ1v) is 10.7. The average Bonchev–Trinajstić information content (AvgIpc) is 3.15. The van der Waals surface area contributed by atoms with Gasteiger partial charge in [-0.15, -0.1) is 0 Å². The first-order chi connectivity index (χ1) is 13.9. The molecule has 8 nitrogen and oxygen atoms in total. The molecule has 4 rings (SSSR count). The Balaban J connectivity index is 1.36. The Kier molecular flexibility index (Phi) is 5.94. The highest BCUT2D eigenvalue weighted by atomic mass is 32.1. The molecule has 0 amide bonds. The van der Waals surface area contributed by atoms with Gasteiger partial charge in [-0.1, -0.05) is 29.9 Å². The molecular weight excluding hydrogens is 415 g/mol. The minimum absolute atomic E-state index is 0.124. The molecule has 1 fully saturated rings. The summed E-state index contributed by atoms with van der Waals surface area (Å²) in [7, 11) is -1.50. The number of nitrogens with zero attached hydrogens (tertiary/aromatic N) is 1. The molecule has 1 aromatic carbocycles. The van der Waals surface area contributed by atoms with Crippen molar-refractivity contribution in [2.24, 2.45) is 0 Å². The van der Waals surface area contributed by atoms with E-state index in [2.05, 4.69) is 17.1 Å². The van der Waals surface area contributed by atoms with Crippen molar-refractivity contribution >= 4 is 27.1 Å². The van der Waals surface area contributed by atoms with Crippen LogP contribution in [0.2, 0.25) is 0 Å². The zero-order chi connectivity index (χ0) is 20.5. The normalized spacial score (nSPS) is 23.4. The molecule has 0 radical (unpaired) electrons. The van der Waals surface area contributed by atoms with Gasteiger partial charge in [0.15, 0.2) is 6.29 Å². The fourth-order valence-electron chi connectivity index (χ4n) is 3.52. The molecule has 2 aliphatic heterocycles. The number of H-pyrrole nitrogens is 1. The molecule has 0 bridgehead atoms. The molecule has 10 heteroatoms. The van der Waals surface area contributed by atoms with Gasteiger partial charge in [-0.05, 0) is 32.3 Å². The highest BCUT2D eigenvalue weighted by Gasteiger charge is 2.31. The second kappa shape index (κ2) is 8.45. The Morgan fingerprint density at radius 1 is 1.38 bits per heavy atom. The highest BCUT2D eigenvalue weighted by molar-refractivity contribution is 7.71. The van der Waals surface area contributed by atoms with Gasteiger partial charge in [0, 0.05) is 11.8 Å². The molecular formula is C19H21N2O6PS. The first-order valence-electron chi connectivity index (χ1n) is 9.24. The average molecular weight is 436 g/mol. The van der Waals surface area contributed by atoms with E-state index in [0.717, 1.165) is 16.9 Å². The molecule has 154 valence electrons. The van der Waals surface area contributed by atoms with Gasteiger partial charge in [0.05, 0.1) is 24.9 Å². The van der Waals surface area contributed by atoms with Crippen molar-refractivity contribution in [1.29, 1.82) is 0 Å². The number of nitrogens with one attached hydrogen (secondary N) is 1. The molecule has 2 aromatic rings. The second-order valence-electron chi connectivity index (χ2n) is 7.11. The van der Waals surface area contributed by atoms with Crippen molar-refractivity contribution in [2.75, 3.05) is 6.61 Å². The smallest absolute Gasteiger partial charge is 0.397 e. The number of aryl methyl sites for hydroxylation is 2. The number of aromatic nitrogens is 2. The number of rotatable bonds is 5. The maximum atomic E-state index is 12.2. The van der Waals surface area contributed by atoms with Crippen LogP contribution in [-0.4, -0.2) is 28.5 Å². The van der Waals surface area contributed by atoms with Crippen molar-refractivity contribution in [1.82, 2.24) is 9.55 Å². The minimum atomic E-state index is -1.50. The number of hydrogen-bond acceptors (Lipinski definition) is 7. The van der Waals surface area contributed by atoms with E-state index in [-0.39, 0.29) is 16.3 Å². The third kappa shape index (κ3) is 4.34. The molecule has 1 saturated heterocycles. The van der Waals surface area contributed by atoms with Crippen LogP contribution in [0.3, 0.4) is 0 Å². The topological polar surface area (TPSA) is 91.8 Å². The lowest BCUT2D eigenvalue weighted by Crippen LogP contribution is -2.28. The monoisotopic (exact) mass is 436 g/mol. The standard InChI is InChI=1S/C19H21N2O6PS/c1-11-5-12(2)17-13(6-11)9-24-28(27-17)25-10-15-3-4-16(26-15)21-7-14(8-22)18(29)20-19(21)23/h5-8,15-16H,3-4,9-10H2,1-2H3,(H,20,23,29). The van der Waals surface area contributed by atoms with Crippen LogP contribution >= 0.6 is 20.8 Å². The van der Waals surface area contributed by atoms with E-state index in [0.29, 0.717) is 32.3 Å². The first kappa shape index (κ1) is 20.4. The number of aldehydes is 1. The summed E-state index contributed by atoms with van der Waals surface area (Å²) >= 11 is 4.97. The summed E-state index contributed by atoms with van der Waals surface area (Å²) < 4.78 is 24.8. The van der Waals surface area contributed by atoms with Gasteiger partial charge in [-0.25, -0.2) is 4.79 Å². The summed E-state index contributed by atoms with van der Waals surface area (Å²) in [5.74, 6) is 0.825. The summed E-state index contributed by atoms with van der Waals surface area (Å²) in [4.78, 5) is 25.7. The molecule has 1 aromatic heterocycles. The molecule has 1 N–H and O–H groups in total. The largest absolute Gasteiger partial charge is 0.426 e. The lowest BCUT2D eigenvalue weighted by molar-refractivity contribution is -0.0229. The van der Waals surface area contributed by atoms with E-state index in [1.807, 2.05) is 13.8 Å². The minimum Gasteiger partial charge on any atom is -0.426 e. The van der Waals surface area contributed by atoms with Gasteiger partial charge < -0.3 is 9.26 Å². The van der Waals surface area contributed by atoms with Gasteiger partial charge in [-0.3, -0.25) is 23.4 Å². The van der Waals surface area contributed by atoms with Crippen LogP contribution in [-0.2, 0) is 20.4 Å². The summed E-state index contributed by atoms with van der Waals surface area (Å²) in [5.41, 5.74) is 3.09. The highest BCUT2D eigenvalue weighted by Crippen LogP contribution is 2.49. The summed E-state index contributed by atoms with van der Waals surface area (Å²) in [6.07, 6.45) is 2.70. The van der Waals surface area contributed by atoms with Gasteiger partial charge in [0.2, 0.25) is 0 Å². The number of fused-ring (bicyclic) bond motifs is 1. The predicted molar refractivity (Wildman–Crippen MR) is 109 cm³/mol. The molecule has 29 heavy (non-hydrogen) atoms. The Bertz CT molecular complexity index is 1050. The van der Waals surface area contributed by atoms with E-state index < -0.39 is 20.5 Å². The lowest BCUT2D eigenvalue weighted by atomic mass is 10.1. The van der Waals surface area contributed by atoms with Gasteiger partial charge >= 0.3 is 14.3 Å². The Morgan fingerprint density at radius 3 is 3.00 bits per heavy atom. The molecule has 0 aliphatic carbocycles. The van der Waals surface area contributed by atoms with E-state index in [4.69, 9.17) is 30.5 Å². The van der Waals surface area contributed by atoms with Crippen LogP contribution in [0, 0.1) is 18.5 Å². The van der Waals surface area contributed by atoms with Crippen LogP contribution in [0.5, 0.6) is 5.75 Å². The van der Waals surface area contributed by atoms with Crippen molar-refractivity contribution in [3.8, 4) is 5.75 Å². The summed E-state index contributed by atoms with van der Waals surface area (Å²) in [5, 5.41) is 0. The number of aromatic amines is 1. The van der Waals surface area contributed by atoms with E-state index in [9.17, 15) is 9.59 Å². The van der Waals surface area contributed by atoms with Crippen molar-refractivity contribution < 1.29 is 23.1 Å². The molecule has 2 aliphatic rings. The summed E-state index contributed by atoms with van der Waals surface area (Å²) in [6, 6.07) is 4.12. The second-order valence-corrected chi connectivity index (χ2v) is 8.67. The van der Waals surface area contributed by atoms with Crippen molar-refractivity contribution in [3.63, 3.8) is 0 Å². The molecule has 0 saturated carbocycles.